The summed E-state index contributed by atoms with van der Waals surface area (Å²) in [6.07, 6.45) is 1.38. The van der Waals surface area contributed by atoms with E-state index in [-0.39, 0.29) is 5.69 Å². The predicted octanol–water partition coefficient (Wildman–Crippen LogP) is 3.92. The van der Waals surface area contributed by atoms with E-state index >= 15 is 0 Å². The van der Waals surface area contributed by atoms with E-state index in [1.165, 1.54) is 23.7 Å². The molecule has 0 N–H and O–H groups in total. The highest BCUT2D eigenvalue weighted by atomic mass is 35.5. The minimum atomic E-state index is -0.396. The molecule has 0 aliphatic heterocycles. The number of rotatable bonds is 2. The Hall–Kier alpha value is -2.05. The molecule has 19 heavy (non-hydrogen) atoms. The van der Waals surface area contributed by atoms with Gasteiger partial charge in [0.2, 0.25) is 0 Å². The Labute approximate surface area is 116 Å². The minimum Gasteiger partial charge on any atom is -0.258 e. The third kappa shape index (κ3) is 2.05. The summed E-state index contributed by atoms with van der Waals surface area (Å²) in [4.78, 5) is 19.4. The summed E-state index contributed by atoms with van der Waals surface area (Å²) < 4.78 is 0.734. The van der Waals surface area contributed by atoms with E-state index < -0.39 is 4.92 Å². The van der Waals surface area contributed by atoms with Gasteiger partial charge in [-0.3, -0.25) is 10.1 Å². The van der Waals surface area contributed by atoms with Crippen LogP contribution in [-0.4, -0.2) is 14.9 Å². The van der Waals surface area contributed by atoms with Gasteiger partial charge in [0.25, 0.3) is 5.69 Å². The first-order valence-electron chi connectivity index (χ1n) is 5.30. The second kappa shape index (κ2) is 4.56. The van der Waals surface area contributed by atoms with Crippen LogP contribution in [0.25, 0.3) is 20.7 Å². The lowest BCUT2D eigenvalue weighted by Gasteiger charge is -1.98. The van der Waals surface area contributed by atoms with E-state index in [0.717, 1.165) is 9.58 Å². The SMILES string of the molecule is O=[N+]([O-])c1ccccc1-c1cc2ncnc(Cl)c2s1. The Bertz CT molecular complexity index is 787. The van der Waals surface area contributed by atoms with E-state index in [2.05, 4.69) is 9.97 Å². The number of hydrogen-bond acceptors (Lipinski definition) is 5. The fourth-order valence-corrected chi connectivity index (χ4v) is 3.08. The first-order chi connectivity index (χ1) is 9.16. The topological polar surface area (TPSA) is 68.9 Å². The van der Waals surface area contributed by atoms with Crippen molar-refractivity contribution < 1.29 is 4.92 Å². The van der Waals surface area contributed by atoms with Gasteiger partial charge >= 0.3 is 0 Å². The van der Waals surface area contributed by atoms with Crippen molar-refractivity contribution >= 4 is 38.8 Å². The van der Waals surface area contributed by atoms with Gasteiger partial charge in [0.1, 0.15) is 11.5 Å². The number of para-hydroxylation sites is 1. The van der Waals surface area contributed by atoms with Gasteiger partial charge in [-0.05, 0) is 12.1 Å². The molecule has 0 saturated carbocycles. The van der Waals surface area contributed by atoms with Crippen molar-refractivity contribution in [2.45, 2.75) is 0 Å². The van der Waals surface area contributed by atoms with E-state index in [4.69, 9.17) is 11.6 Å². The number of nitro benzene ring substituents is 1. The molecule has 0 bridgehead atoms. The highest BCUT2D eigenvalue weighted by Gasteiger charge is 2.17. The highest BCUT2D eigenvalue weighted by Crippen LogP contribution is 2.38. The van der Waals surface area contributed by atoms with Gasteiger partial charge in [-0.25, -0.2) is 9.97 Å². The highest BCUT2D eigenvalue weighted by molar-refractivity contribution is 7.22. The van der Waals surface area contributed by atoms with Gasteiger partial charge in [0.05, 0.1) is 20.7 Å². The quantitative estimate of drug-likeness (QED) is 0.408. The van der Waals surface area contributed by atoms with E-state index in [9.17, 15) is 10.1 Å². The van der Waals surface area contributed by atoms with Crippen molar-refractivity contribution in [2.75, 3.05) is 0 Å². The third-order valence-corrected chi connectivity index (χ3v) is 4.20. The lowest BCUT2D eigenvalue weighted by Crippen LogP contribution is -1.89. The minimum absolute atomic E-state index is 0.0677. The molecule has 0 saturated heterocycles. The molecule has 2 heterocycles. The molecule has 7 heteroatoms. The largest absolute Gasteiger partial charge is 0.278 e. The fourth-order valence-electron chi connectivity index (χ4n) is 1.80. The molecule has 3 aromatic rings. The van der Waals surface area contributed by atoms with Crippen LogP contribution in [0.4, 0.5) is 5.69 Å². The molecule has 0 fully saturated rings. The molecule has 1 aromatic carbocycles. The lowest BCUT2D eigenvalue weighted by atomic mass is 10.1. The number of halogens is 1. The average molecular weight is 292 g/mol. The van der Waals surface area contributed by atoms with Crippen molar-refractivity contribution in [2.24, 2.45) is 0 Å². The van der Waals surface area contributed by atoms with Crippen LogP contribution in [0.15, 0.2) is 36.7 Å². The molecule has 0 atom stereocenters. The van der Waals surface area contributed by atoms with Gasteiger partial charge in [-0.2, -0.15) is 0 Å². The second-order valence-electron chi connectivity index (χ2n) is 3.76. The summed E-state index contributed by atoms with van der Waals surface area (Å²) in [5.41, 5.74) is 1.32. The van der Waals surface area contributed by atoms with Gasteiger partial charge < -0.3 is 0 Å². The molecule has 0 radical (unpaired) electrons. The Morgan fingerprint density at radius 2 is 2.05 bits per heavy atom. The van der Waals surface area contributed by atoms with Crippen LogP contribution < -0.4 is 0 Å². The molecule has 0 aliphatic carbocycles. The van der Waals surface area contributed by atoms with Crippen molar-refractivity contribution in [3.63, 3.8) is 0 Å². The Kier molecular flexibility index (Phi) is 2.88. The number of nitrogens with zero attached hydrogens (tertiary/aromatic N) is 3. The molecule has 94 valence electrons. The summed E-state index contributed by atoms with van der Waals surface area (Å²) in [7, 11) is 0. The van der Waals surface area contributed by atoms with Crippen molar-refractivity contribution in [1.82, 2.24) is 9.97 Å². The average Bonchev–Trinajstić information content (AvgIpc) is 2.84. The summed E-state index contributed by atoms with van der Waals surface area (Å²) in [6, 6.07) is 8.38. The Morgan fingerprint density at radius 1 is 1.26 bits per heavy atom. The smallest absolute Gasteiger partial charge is 0.258 e. The fraction of sp³-hybridized carbons (Fsp3) is 0. The summed E-state index contributed by atoms with van der Waals surface area (Å²) >= 11 is 7.33. The molecule has 2 aromatic heterocycles. The third-order valence-electron chi connectivity index (χ3n) is 2.63. The maximum absolute atomic E-state index is 11.0. The van der Waals surface area contributed by atoms with Crippen LogP contribution in [0, 0.1) is 10.1 Å². The Morgan fingerprint density at radius 3 is 2.79 bits per heavy atom. The first-order valence-corrected chi connectivity index (χ1v) is 6.50. The molecule has 0 spiro atoms. The standard InChI is InChI=1S/C12H6ClN3O2S/c13-12-11-8(14-6-15-12)5-10(19-11)7-3-1-2-4-9(7)16(17)18/h1-6H. The molecule has 0 unspecified atom stereocenters. The molecule has 0 aliphatic rings. The number of nitro groups is 1. The molecular formula is C12H6ClN3O2S. The zero-order valence-corrected chi connectivity index (χ0v) is 11.0. The van der Waals surface area contributed by atoms with Crippen molar-refractivity contribution in [3.8, 4) is 10.4 Å². The summed E-state index contributed by atoms with van der Waals surface area (Å²) in [6.45, 7) is 0. The van der Waals surface area contributed by atoms with E-state index in [1.54, 1.807) is 24.3 Å². The predicted molar refractivity (Wildman–Crippen MR) is 74.5 cm³/mol. The zero-order chi connectivity index (χ0) is 13.4. The lowest BCUT2D eigenvalue weighted by molar-refractivity contribution is -0.384. The first kappa shape index (κ1) is 12.0. The molecule has 5 nitrogen and oxygen atoms in total. The number of benzene rings is 1. The van der Waals surface area contributed by atoms with Crippen LogP contribution in [-0.2, 0) is 0 Å². The number of hydrogen-bond donors (Lipinski definition) is 0. The number of thiophene rings is 1. The zero-order valence-electron chi connectivity index (χ0n) is 9.41. The van der Waals surface area contributed by atoms with Crippen LogP contribution >= 0.6 is 22.9 Å². The van der Waals surface area contributed by atoms with E-state index in [0.29, 0.717) is 16.2 Å². The summed E-state index contributed by atoms with van der Waals surface area (Å²) in [5, 5.41) is 11.4. The van der Waals surface area contributed by atoms with Crippen molar-refractivity contribution in [1.29, 1.82) is 0 Å². The maximum Gasteiger partial charge on any atom is 0.278 e. The second-order valence-corrected chi connectivity index (χ2v) is 5.17. The normalized spacial score (nSPS) is 10.8. The van der Waals surface area contributed by atoms with Gasteiger partial charge in [-0.1, -0.05) is 23.7 Å². The summed E-state index contributed by atoms with van der Waals surface area (Å²) in [5.74, 6) is 0. The van der Waals surface area contributed by atoms with Gasteiger partial charge in [0, 0.05) is 10.9 Å². The molecule has 3 rings (SSSR count). The van der Waals surface area contributed by atoms with Crippen molar-refractivity contribution in [3.05, 3.63) is 51.9 Å². The number of aromatic nitrogens is 2. The van der Waals surface area contributed by atoms with Crippen LogP contribution in [0.2, 0.25) is 5.15 Å². The monoisotopic (exact) mass is 291 g/mol. The van der Waals surface area contributed by atoms with Crippen LogP contribution in [0.1, 0.15) is 0 Å². The van der Waals surface area contributed by atoms with Gasteiger partial charge in [0.15, 0.2) is 0 Å². The molecule has 0 amide bonds. The Balaban J connectivity index is 2.25. The van der Waals surface area contributed by atoms with E-state index in [1.807, 2.05) is 0 Å². The molecular weight excluding hydrogens is 286 g/mol. The van der Waals surface area contributed by atoms with Crippen LogP contribution in [0.5, 0.6) is 0 Å². The maximum atomic E-state index is 11.0. The van der Waals surface area contributed by atoms with Gasteiger partial charge in [-0.15, -0.1) is 11.3 Å². The number of fused-ring (bicyclic) bond motifs is 1. The van der Waals surface area contributed by atoms with Crippen LogP contribution in [0.3, 0.4) is 0 Å².